The van der Waals surface area contributed by atoms with E-state index in [4.69, 9.17) is 10.5 Å². The molecule has 1 aliphatic heterocycles. The van der Waals surface area contributed by atoms with Gasteiger partial charge in [-0.3, -0.25) is 4.79 Å². The summed E-state index contributed by atoms with van der Waals surface area (Å²) in [6, 6.07) is 8.23. The van der Waals surface area contributed by atoms with E-state index in [9.17, 15) is 4.79 Å². The fraction of sp³-hybridized carbons (Fsp3) is 0.588. The Kier molecular flexibility index (Phi) is 5.23. The molecule has 1 aliphatic rings. The summed E-state index contributed by atoms with van der Waals surface area (Å²) in [4.78, 5) is 14.5. The standard InChI is InChI=1S/C17H26N2O2/c1-12(2)21-16-7-5-4-6-14(16)11-17(20)19-9-8-15(18)10-13(19)3/h4-7,12-13,15H,8-11,18H2,1-3H3/t13-,15-/m1/s1. The van der Waals surface area contributed by atoms with Gasteiger partial charge in [0.05, 0.1) is 12.5 Å². The van der Waals surface area contributed by atoms with Crippen LogP contribution in [0.2, 0.25) is 0 Å². The van der Waals surface area contributed by atoms with Crippen molar-refractivity contribution in [2.24, 2.45) is 5.73 Å². The predicted octanol–water partition coefficient (Wildman–Crippen LogP) is 2.35. The summed E-state index contributed by atoms with van der Waals surface area (Å²) in [6.07, 6.45) is 2.27. The summed E-state index contributed by atoms with van der Waals surface area (Å²) in [7, 11) is 0. The number of nitrogens with zero attached hydrogens (tertiary/aromatic N) is 1. The van der Waals surface area contributed by atoms with E-state index in [0.29, 0.717) is 6.42 Å². The van der Waals surface area contributed by atoms with Crippen LogP contribution in [0.25, 0.3) is 0 Å². The van der Waals surface area contributed by atoms with Gasteiger partial charge in [-0.25, -0.2) is 0 Å². The third-order valence-electron chi connectivity index (χ3n) is 3.91. The minimum absolute atomic E-state index is 0.105. The van der Waals surface area contributed by atoms with E-state index in [1.54, 1.807) is 0 Å². The summed E-state index contributed by atoms with van der Waals surface area (Å²) in [5.74, 6) is 0.969. The van der Waals surface area contributed by atoms with Crippen LogP contribution in [-0.2, 0) is 11.2 Å². The van der Waals surface area contributed by atoms with Gasteiger partial charge in [-0.15, -0.1) is 0 Å². The molecule has 4 heteroatoms. The number of benzene rings is 1. The molecule has 1 saturated heterocycles. The highest BCUT2D eigenvalue weighted by molar-refractivity contribution is 5.80. The molecule has 1 aromatic rings. The van der Waals surface area contributed by atoms with Crippen molar-refractivity contribution in [2.45, 2.75) is 58.2 Å². The molecule has 1 aromatic carbocycles. The molecule has 0 aliphatic carbocycles. The number of ether oxygens (including phenoxy) is 1. The molecule has 4 nitrogen and oxygen atoms in total. The average Bonchev–Trinajstić information content (AvgIpc) is 2.40. The van der Waals surface area contributed by atoms with Gasteiger partial charge in [0.1, 0.15) is 5.75 Å². The zero-order chi connectivity index (χ0) is 15.4. The second-order valence-corrected chi connectivity index (χ2v) is 6.17. The van der Waals surface area contributed by atoms with Gasteiger partial charge in [0, 0.05) is 24.2 Å². The van der Waals surface area contributed by atoms with Crippen molar-refractivity contribution in [1.29, 1.82) is 0 Å². The van der Waals surface area contributed by atoms with E-state index in [0.717, 1.165) is 30.7 Å². The smallest absolute Gasteiger partial charge is 0.227 e. The minimum Gasteiger partial charge on any atom is -0.491 e. The van der Waals surface area contributed by atoms with E-state index in [-0.39, 0.29) is 24.1 Å². The van der Waals surface area contributed by atoms with Crippen molar-refractivity contribution in [3.63, 3.8) is 0 Å². The normalized spacial score (nSPS) is 22.4. The molecule has 1 heterocycles. The predicted molar refractivity (Wildman–Crippen MR) is 84.3 cm³/mol. The second-order valence-electron chi connectivity index (χ2n) is 6.17. The summed E-state index contributed by atoms with van der Waals surface area (Å²) in [5, 5.41) is 0. The van der Waals surface area contributed by atoms with Gasteiger partial charge < -0.3 is 15.4 Å². The zero-order valence-corrected chi connectivity index (χ0v) is 13.2. The van der Waals surface area contributed by atoms with Crippen molar-refractivity contribution >= 4 is 5.91 Å². The van der Waals surface area contributed by atoms with Crippen molar-refractivity contribution < 1.29 is 9.53 Å². The van der Waals surface area contributed by atoms with E-state index in [1.807, 2.05) is 43.0 Å². The maximum atomic E-state index is 12.6. The number of carbonyl (C=O) groups excluding carboxylic acids is 1. The molecule has 116 valence electrons. The lowest BCUT2D eigenvalue weighted by atomic mass is 9.98. The fourth-order valence-electron chi connectivity index (χ4n) is 2.86. The Balaban J connectivity index is 2.06. The first kappa shape index (κ1) is 15.8. The maximum absolute atomic E-state index is 12.6. The fourth-order valence-corrected chi connectivity index (χ4v) is 2.86. The van der Waals surface area contributed by atoms with Crippen molar-refractivity contribution in [3.05, 3.63) is 29.8 Å². The number of piperidine rings is 1. The highest BCUT2D eigenvalue weighted by atomic mass is 16.5. The van der Waals surface area contributed by atoms with Crippen LogP contribution in [0.15, 0.2) is 24.3 Å². The number of amides is 1. The molecular formula is C17H26N2O2. The van der Waals surface area contributed by atoms with Crippen molar-refractivity contribution in [2.75, 3.05) is 6.54 Å². The van der Waals surface area contributed by atoms with Gasteiger partial charge in [-0.1, -0.05) is 18.2 Å². The lowest BCUT2D eigenvalue weighted by Gasteiger charge is -2.36. The Morgan fingerprint density at radius 2 is 2.14 bits per heavy atom. The second kappa shape index (κ2) is 6.94. The Bertz CT molecular complexity index is 487. The molecule has 2 rings (SSSR count). The number of rotatable bonds is 4. The average molecular weight is 290 g/mol. The molecular weight excluding hydrogens is 264 g/mol. The number of carbonyl (C=O) groups is 1. The first-order valence-electron chi connectivity index (χ1n) is 7.77. The van der Waals surface area contributed by atoms with Gasteiger partial charge in [0.15, 0.2) is 0 Å². The van der Waals surface area contributed by atoms with Crippen LogP contribution in [0.4, 0.5) is 0 Å². The van der Waals surface area contributed by atoms with Gasteiger partial charge >= 0.3 is 0 Å². The van der Waals surface area contributed by atoms with Gasteiger partial charge in [0.2, 0.25) is 5.91 Å². The van der Waals surface area contributed by atoms with Gasteiger partial charge in [0.25, 0.3) is 0 Å². The molecule has 0 saturated carbocycles. The van der Waals surface area contributed by atoms with Crippen LogP contribution >= 0.6 is 0 Å². The van der Waals surface area contributed by atoms with E-state index in [1.165, 1.54) is 0 Å². The maximum Gasteiger partial charge on any atom is 0.227 e. The quantitative estimate of drug-likeness (QED) is 0.926. The highest BCUT2D eigenvalue weighted by Crippen LogP contribution is 2.23. The first-order chi connectivity index (χ1) is 9.97. The van der Waals surface area contributed by atoms with Crippen molar-refractivity contribution in [3.8, 4) is 5.75 Å². The third kappa shape index (κ3) is 4.21. The Hall–Kier alpha value is -1.55. The van der Waals surface area contributed by atoms with Crippen LogP contribution in [0.3, 0.4) is 0 Å². The Morgan fingerprint density at radius 3 is 2.81 bits per heavy atom. The molecule has 1 amide bonds. The number of likely N-dealkylation sites (tertiary alicyclic amines) is 1. The summed E-state index contributed by atoms with van der Waals surface area (Å²) in [6.45, 7) is 6.82. The molecule has 0 aromatic heterocycles. The Morgan fingerprint density at radius 1 is 1.43 bits per heavy atom. The molecule has 0 spiro atoms. The Labute approximate surface area is 127 Å². The lowest BCUT2D eigenvalue weighted by molar-refractivity contribution is -0.133. The first-order valence-corrected chi connectivity index (χ1v) is 7.77. The highest BCUT2D eigenvalue weighted by Gasteiger charge is 2.27. The van der Waals surface area contributed by atoms with Crippen LogP contribution in [0.5, 0.6) is 5.75 Å². The van der Waals surface area contributed by atoms with E-state index >= 15 is 0 Å². The largest absolute Gasteiger partial charge is 0.491 e. The molecule has 0 unspecified atom stereocenters. The SMILES string of the molecule is CC(C)Oc1ccccc1CC(=O)N1CC[C@@H](N)C[C@H]1C. The van der Waals surface area contributed by atoms with Gasteiger partial charge in [-0.05, 0) is 39.7 Å². The topological polar surface area (TPSA) is 55.6 Å². The van der Waals surface area contributed by atoms with Gasteiger partial charge in [-0.2, -0.15) is 0 Å². The molecule has 0 radical (unpaired) electrons. The molecule has 2 atom stereocenters. The minimum atomic E-state index is 0.105. The molecule has 21 heavy (non-hydrogen) atoms. The monoisotopic (exact) mass is 290 g/mol. The number of hydrogen-bond donors (Lipinski definition) is 1. The lowest BCUT2D eigenvalue weighted by Crippen LogP contribution is -2.48. The molecule has 0 bridgehead atoms. The summed E-state index contributed by atoms with van der Waals surface area (Å²) >= 11 is 0. The molecule has 2 N–H and O–H groups in total. The van der Waals surface area contributed by atoms with E-state index in [2.05, 4.69) is 6.92 Å². The zero-order valence-electron chi connectivity index (χ0n) is 13.2. The number of nitrogens with two attached hydrogens (primary N) is 1. The van der Waals surface area contributed by atoms with Crippen LogP contribution < -0.4 is 10.5 Å². The summed E-state index contributed by atoms with van der Waals surface area (Å²) < 4.78 is 5.79. The third-order valence-corrected chi connectivity index (χ3v) is 3.91. The number of para-hydroxylation sites is 1. The van der Waals surface area contributed by atoms with Crippen molar-refractivity contribution in [1.82, 2.24) is 4.90 Å². The molecule has 1 fully saturated rings. The van der Waals surface area contributed by atoms with E-state index < -0.39 is 0 Å². The van der Waals surface area contributed by atoms with Crippen LogP contribution in [-0.4, -0.2) is 35.5 Å². The number of hydrogen-bond acceptors (Lipinski definition) is 3. The summed E-state index contributed by atoms with van der Waals surface area (Å²) in [5.41, 5.74) is 6.92. The van der Waals surface area contributed by atoms with Crippen LogP contribution in [0, 0.1) is 0 Å². The van der Waals surface area contributed by atoms with Crippen LogP contribution in [0.1, 0.15) is 39.2 Å².